The number of hydrogen-bond acceptors (Lipinski definition) is 5. The maximum atomic E-state index is 11.8. The van der Waals surface area contributed by atoms with Crippen molar-refractivity contribution in [2.45, 2.75) is 17.9 Å². The molecule has 2 amide bonds. The maximum Gasteiger partial charge on any atom is 0.414 e. The van der Waals surface area contributed by atoms with Crippen LogP contribution in [0.5, 0.6) is 0 Å². The van der Waals surface area contributed by atoms with E-state index in [1.807, 2.05) is 0 Å². The summed E-state index contributed by atoms with van der Waals surface area (Å²) in [5, 5.41) is 10.7. The van der Waals surface area contributed by atoms with Crippen molar-refractivity contribution in [3.8, 4) is 0 Å². The van der Waals surface area contributed by atoms with Gasteiger partial charge in [-0.3, -0.25) is 9.69 Å². The molecule has 1 aliphatic rings. The number of rotatable bonds is 4. The summed E-state index contributed by atoms with van der Waals surface area (Å²) < 4.78 is 5.08. The van der Waals surface area contributed by atoms with Crippen molar-refractivity contribution < 1.29 is 24.2 Å². The topological polar surface area (TPSA) is 95.9 Å². The molecule has 112 valence electrons. The third-order valence-corrected chi connectivity index (χ3v) is 3.56. The zero-order valence-electron chi connectivity index (χ0n) is 11.2. The van der Waals surface area contributed by atoms with Crippen LogP contribution >= 0.6 is 11.8 Å². The fraction of sp³-hybridized carbons (Fsp3) is 0.308. The first-order valence-electron chi connectivity index (χ1n) is 6.19. The number of benzene rings is 1. The molecule has 1 aromatic carbocycles. The van der Waals surface area contributed by atoms with Crippen LogP contribution in [0.25, 0.3) is 0 Å². The van der Waals surface area contributed by atoms with E-state index in [1.54, 1.807) is 24.3 Å². The summed E-state index contributed by atoms with van der Waals surface area (Å²) in [6.45, 7) is 1.81. The Hall–Kier alpha value is -2.22. The first kappa shape index (κ1) is 15.2. The third kappa shape index (κ3) is 4.12. The molecule has 0 radical (unpaired) electrons. The molecule has 1 fully saturated rings. The zero-order chi connectivity index (χ0) is 15.4. The minimum absolute atomic E-state index is 0.0110. The second kappa shape index (κ2) is 6.49. The van der Waals surface area contributed by atoms with Crippen LogP contribution in [0.4, 0.5) is 15.3 Å². The van der Waals surface area contributed by atoms with E-state index in [2.05, 4.69) is 5.32 Å². The molecule has 8 heteroatoms. The predicted octanol–water partition coefficient (Wildman–Crippen LogP) is 1.92. The quantitative estimate of drug-likeness (QED) is 0.825. The molecule has 1 heterocycles. The summed E-state index contributed by atoms with van der Waals surface area (Å²) >= 11 is 1.11. The second-order valence-electron chi connectivity index (χ2n) is 4.39. The second-order valence-corrected chi connectivity index (χ2v) is 5.64. The summed E-state index contributed by atoms with van der Waals surface area (Å²) in [6.07, 6.45) is -2.19. The van der Waals surface area contributed by atoms with Crippen molar-refractivity contribution in [3.63, 3.8) is 0 Å². The van der Waals surface area contributed by atoms with E-state index < -0.39 is 18.3 Å². The Morgan fingerprint density at radius 1 is 1.43 bits per heavy atom. The molecule has 7 nitrogen and oxygen atoms in total. The number of carboxylic acid groups (broad SMARTS) is 1. The van der Waals surface area contributed by atoms with Crippen LogP contribution in [0.2, 0.25) is 0 Å². The van der Waals surface area contributed by atoms with E-state index >= 15 is 0 Å². The molecule has 2 rings (SSSR count). The molecular formula is C13H14N2O5S. The first-order chi connectivity index (χ1) is 9.95. The molecule has 1 atom stereocenters. The molecule has 0 saturated carbocycles. The molecule has 1 unspecified atom stereocenters. The summed E-state index contributed by atoms with van der Waals surface area (Å²) in [5.74, 6) is 0. The van der Waals surface area contributed by atoms with Gasteiger partial charge in [0.05, 0.1) is 13.1 Å². The molecule has 0 spiro atoms. The fourth-order valence-corrected chi connectivity index (χ4v) is 2.50. The number of carbonyl (C=O) groups is 3. The van der Waals surface area contributed by atoms with Crippen LogP contribution in [0.3, 0.4) is 0 Å². The van der Waals surface area contributed by atoms with Crippen LogP contribution in [0.1, 0.15) is 6.92 Å². The SMILES string of the molecule is CC(=O)Sc1ccc(N2CC(CNC(=O)O)OC2=O)cc1. The molecule has 1 aliphatic heterocycles. The lowest BCUT2D eigenvalue weighted by atomic mass is 10.2. The number of amides is 2. The minimum Gasteiger partial charge on any atom is -0.465 e. The maximum absolute atomic E-state index is 11.8. The molecular weight excluding hydrogens is 296 g/mol. The van der Waals surface area contributed by atoms with Crippen molar-refractivity contribution in [1.29, 1.82) is 0 Å². The van der Waals surface area contributed by atoms with Crippen molar-refractivity contribution in [2.24, 2.45) is 0 Å². The molecule has 1 saturated heterocycles. The Bertz CT molecular complexity index is 560. The van der Waals surface area contributed by atoms with Crippen LogP contribution in [-0.2, 0) is 9.53 Å². The third-order valence-electron chi connectivity index (χ3n) is 2.77. The van der Waals surface area contributed by atoms with E-state index in [0.29, 0.717) is 5.69 Å². The Balaban J connectivity index is 1.99. The summed E-state index contributed by atoms with van der Waals surface area (Å²) in [4.78, 5) is 35.4. The summed E-state index contributed by atoms with van der Waals surface area (Å²) in [5.41, 5.74) is 0.644. The van der Waals surface area contributed by atoms with E-state index in [9.17, 15) is 14.4 Å². The molecule has 2 N–H and O–H groups in total. The van der Waals surface area contributed by atoms with Crippen LogP contribution < -0.4 is 10.2 Å². The molecule has 1 aromatic rings. The lowest BCUT2D eigenvalue weighted by molar-refractivity contribution is -0.109. The van der Waals surface area contributed by atoms with Crippen molar-refractivity contribution in [1.82, 2.24) is 5.32 Å². The van der Waals surface area contributed by atoms with Crippen LogP contribution in [0.15, 0.2) is 29.2 Å². The summed E-state index contributed by atoms with van der Waals surface area (Å²) in [7, 11) is 0. The summed E-state index contributed by atoms with van der Waals surface area (Å²) in [6, 6.07) is 6.94. The number of ether oxygens (including phenoxy) is 1. The van der Waals surface area contributed by atoms with Gasteiger partial charge in [0.2, 0.25) is 0 Å². The number of cyclic esters (lactones) is 1. The van der Waals surface area contributed by atoms with Gasteiger partial charge in [0.1, 0.15) is 6.10 Å². The number of carbonyl (C=O) groups excluding carboxylic acids is 2. The first-order valence-corrected chi connectivity index (χ1v) is 7.01. The lowest BCUT2D eigenvalue weighted by Gasteiger charge is -2.13. The van der Waals surface area contributed by atoms with E-state index in [4.69, 9.17) is 9.84 Å². The largest absolute Gasteiger partial charge is 0.465 e. The standard InChI is InChI=1S/C13H14N2O5S/c1-8(16)21-11-4-2-9(3-5-11)15-7-10(20-13(15)19)6-14-12(17)18/h2-5,10,14H,6-7H2,1H3,(H,17,18). The van der Waals surface area contributed by atoms with Gasteiger partial charge in [-0.1, -0.05) is 11.8 Å². The smallest absolute Gasteiger partial charge is 0.414 e. The van der Waals surface area contributed by atoms with Gasteiger partial charge in [-0.25, -0.2) is 9.59 Å². The van der Waals surface area contributed by atoms with E-state index in [1.165, 1.54) is 11.8 Å². The van der Waals surface area contributed by atoms with Gasteiger partial charge in [-0.15, -0.1) is 0 Å². The monoisotopic (exact) mass is 310 g/mol. The Morgan fingerprint density at radius 2 is 2.10 bits per heavy atom. The van der Waals surface area contributed by atoms with Crippen LogP contribution in [-0.4, -0.2) is 41.6 Å². The van der Waals surface area contributed by atoms with Gasteiger partial charge in [0.15, 0.2) is 5.12 Å². The highest BCUT2D eigenvalue weighted by molar-refractivity contribution is 8.13. The predicted molar refractivity (Wildman–Crippen MR) is 76.6 cm³/mol. The number of nitrogens with one attached hydrogen (secondary N) is 1. The van der Waals surface area contributed by atoms with Gasteiger partial charge in [-0.2, -0.15) is 0 Å². The molecule has 0 aromatic heterocycles. The number of thioether (sulfide) groups is 1. The van der Waals surface area contributed by atoms with Gasteiger partial charge in [0.25, 0.3) is 0 Å². The van der Waals surface area contributed by atoms with E-state index in [0.717, 1.165) is 16.7 Å². The highest BCUT2D eigenvalue weighted by Gasteiger charge is 2.32. The molecule has 21 heavy (non-hydrogen) atoms. The van der Waals surface area contributed by atoms with E-state index in [-0.39, 0.29) is 18.2 Å². The van der Waals surface area contributed by atoms with Gasteiger partial charge in [-0.05, 0) is 24.3 Å². The highest BCUT2D eigenvalue weighted by Crippen LogP contribution is 2.25. The molecule has 0 aliphatic carbocycles. The van der Waals surface area contributed by atoms with Crippen LogP contribution in [0, 0.1) is 0 Å². The van der Waals surface area contributed by atoms with Crippen molar-refractivity contribution in [3.05, 3.63) is 24.3 Å². The number of hydrogen-bond donors (Lipinski definition) is 2. The van der Waals surface area contributed by atoms with Gasteiger partial charge in [0, 0.05) is 17.5 Å². The van der Waals surface area contributed by atoms with Gasteiger partial charge < -0.3 is 15.2 Å². The molecule has 0 bridgehead atoms. The lowest BCUT2D eigenvalue weighted by Crippen LogP contribution is -2.33. The number of anilines is 1. The Labute approximate surface area is 125 Å². The Kier molecular flexibility index (Phi) is 4.69. The highest BCUT2D eigenvalue weighted by atomic mass is 32.2. The normalized spacial score (nSPS) is 17.5. The fourth-order valence-electron chi connectivity index (χ4n) is 1.90. The number of nitrogens with zero attached hydrogens (tertiary/aromatic N) is 1. The average Bonchev–Trinajstić information content (AvgIpc) is 2.78. The zero-order valence-corrected chi connectivity index (χ0v) is 12.1. The Morgan fingerprint density at radius 3 is 2.67 bits per heavy atom. The minimum atomic E-state index is -1.16. The average molecular weight is 310 g/mol. The van der Waals surface area contributed by atoms with Gasteiger partial charge >= 0.3 is 12.2 Å². The van der Waals surface area contributed by atoms with Crippen molar-refractivity contribution in [2.75, 3.05) is 18.0 Å². The van der Waals surface area contributed by atoms with Crippen molar-refractivity contribution >= 4 is 34.8 Å².